The molecule has 4 rings (SSSR count). The van der Waals surface area contributed by atoms with Gasteiger partial charge in [0.15, 0.2) is 4.77 Å². The van der Waals surface area contributed by atoms with Gasteiger partial charge in [0, 0.05) is 39.1 Å². The van der Waals surface area contributed by atoms with Crippen LogP contribution in [0.5, 0.6) is 0 Å². The lowest BCUT2D eigenvalue weighted by Crippen LogP contribution is -2.48. The van der Waals surface area contributed by atoms with Gasteiger partial charge in [0.25, 0.3) is 5.91 Å². The molecule has 0 N–H and O–H groups in total. The Balaban J connectivity index is 1.37. The fourth-order valence-electron chi connectivity index (χ4n) is 3.13. The van der Waals surface area contributed by atoms with Gasteiger partial charge in [0.05, 0.1) is 11.5 Å². The number of rotatable bonds is 4. The zero-order valence-corrected chi connectivity index (χ0v) is 15.4. The normalized spacial score (nSPS) is 19.0. The van der Waals surface area contributed by atoms with E-state index >= 15 is 0 Å². The Morgan fingerprint density at radius 3 is 2.71 bits per heavy atom. The Hall–Kier alpha value is -1.51. The molecule has 0 spiro atoms. The van der Waals surface area contributed by atoms with Crippen LogP contribution in [-0.2, 0) is 13.7 Å². The second kappa shape index (κ2) is 6.42. The predicted molar refractivity (Wildman–Crippen MR) is 95.8 cm³/mol. The number of amides is 1. The van der Waals surface area contributed by atoms with Crippen molar-refractivity contribution in [3.05, 3.63) is 33.0 Å². The lowest BCUT2D eigenvalue weighted by Gasteiger charge is -2.34. The number of hydrogen-bond donors (Lipinski definition) is 0. The van der Waals surface area contributed by atoms with Crippen LogP contribution in [0.2, 0.25) is 0 Å². The summed E-state index contributed by atoms with van der Waals surface area (Å²) in [5.74, 6) is 1.86. The van der Waals surface area contributed by atoms with Crippen LogP contribution in [0, 0.1) is 4.77 Å². The second-order valence-corrected chi connectivity index (χ2v) is 7.82. The maximum atomic E-state index is 12.4. The molecule has 6 nitrogen and oxygen atoms in total. The quantitative estimate of drug-likeness (QED) is 0.782. The first-order valence-electron chi connectivity index (χ1n) is 8.32. The van der Waals surface area contributed by atoms with Gasteiger partial charge in [-0.25, -0.2) is 4.68 Å². The number of aromatic nitrogens is 3. The molecule has 0 unspecified atom stereocenters. The number of carbonyl (C=O) groups excluding carboxylic acids is 1. The van der Waals surface area contributed by atoms with E-state index in [-0.39, 0.29) is 5.91 Å². The third kappa shape index (κ3) is 3.05. The molecule has 2 fully saturated rings. The second-order valence-electron chi connectivity index (χ2n) is 6.50. The molecule has 0 radical (unpaired) electrons. The maximum absolute atomic E-state index is 12.4. The molecular weight excluding hydrogens is 342 g/mol. The fourth-order valence-corrected chi connectivity index (χ4v) is 4.01. The van der Waals surface area contributed by atoms with Crippen molar-refractivity contribution in [2.75, 3.05) is 26.2 Å². The Bertz CT molecular complexity index is 782. The molecule has 1 saturated heterocycles. The summed E-state index contributed by atoms with van der Waals surface area (Å²) in [5.41, 5.74) is 0. The van der Waals surface area contributed by atoms with Crippen molar-refractivity contribution in [2.45, 2.75) is 25.4 Å². The average molecular weight is 364 g/mol. The van der Waals surface area contributed by atoms with Gasteiger partial charge < -0.3 is 9.47 Å². The van der Waals surface area contributed by atoms with Gasteiger partial charge in [0.1, 0.15) is 5.82 Å². The first-order chi connectivity index (χ1) is 11.6. The summed E-state index contributed by atoms with van der Waals surface area (Å²) in [6, 6.07) is 3.82. The van der Waals surface area contributed by atoms with E-state index in [9.17, 15) is 4.79 Å². The van der Waals surface area contributed by atoms with E-state index in [0.717, 1.165) is 41.7 Å². The van der Waals surface area contributed by atoms with Crippen LogP contribution in [0.4, 0.5) is 0 Å². The van der Waals surface area contributed by atoms with Gasteiger partial charge in [-0.05, 0) is 36.5 Å². The van der Waals surface area contributed by atoms with Crippen molar-refractivity contribution in [1.82, 2.24) is 24.1 Å². The van der Waals surface area contributed by atoms with Crippen LogP contribution in [0.3, 0.4) is 0 Å². The molecule has 0 aromatic carbocycles. The van der Waals surface area contributed by atoms with E-state index in [1.807, 2.05) is 38.7 Å². The minimum atomic E-state index is 0.148. The number of piperazine rings is 1. The minimum absolute atomic E-state index is 0.148. The van der Waals surface area contributed by atoms with Crippen molar-refractivity contribution >= 4 is 29.5 Å². The summed E-state index contributed by atoms with van der Waals surface area (Å²) < 4.78 is 4.76. The first kappa shape index (κ1) is 16.0. The van der Waals surface area contributed by atoms with Crippen LogP contribution >= 0.6 is 23.6 Å². The van der Waals surface area contributed by atoms with Crippen LogP contribution in [-0.4, -0.2) is 56.2 Å². The molecule has 2 aromatic rings. The fraction of sp³-hybridized carbons (Fsp3) is 0.562. The summed E-state index contributed by atoms with van der Waals surface area (Å²) in [5, 5.41) is 6.66. The Morgan fingerprint density at radius 1 is 1.33 bits per heavy atom. The average Bonchev–Trinajstić information content (AvgIpc) is 3.22. The molecule has 128 valence electrons. The highest BCUT2D eigenvalue weighted by Crippen LogP contribution is 2.38. The Labute approximate surface area is 150 Å². The monoisotopic (exact) mass is 363 g/mol. The molecular formula is C16H21N5OS2. The number of nitrogens with zero attached hydrogens (tertiary/aromatic N) is 5. The maximum Gasteiger partial charge on any atom is 0.264 e. The molecule has 2 aromatic heterocycles. The topological polar surface area (TPSA) is 46.3 Å². The van der Waals surface area contributed by atoms with Crippen LogP contribution in [0.1, 0.15) is 34.3 Å². The van der Waals surface area contributed by atoms with E-state index in [1.54, 1.807) is 0 Å². The summed E-state index contributed by atoms with van der Waals surface area (Å²) in [6.07, 6.45) is 2.45. The standard InChI is InChI=1S/C16H21N5OS2/c1-18-14(12-4-5-12)17-21(16(18)23)11-19-6-8-20(9-7-19)15(22)13-3-2-10-24-13/h2-3,10,12H,4-9,11H2,1H3. The van der Waals surface area contributed by atoms with E-state index in [4.69, 9.17) is 17.3 Å². The van der Waals surface area contributed by atoms with Crippen molar-refractivity contribution in [3.8, 4) is 0 Å². The third-order valence-electron chi connectivity index (χ3n) is 4.74. The van der Waals surface area contributed by atoms with E-state index in [2.05, 4.69) is 4.90 Å². The van der Waals surface area contributed by atoms with Gasteiger partial charge in [-0.2, -0.15) is 5.10 Å². The smallest absolute Gasteiger partial charge is 0.264 e. The van der Waals surface area contributed by atoms with E-state index in [1.165, 1.54) is 24.2 Å². The summed E-state index contributed by atoms with van der Waals surface area (Å²) in [4.78, 5) is 17.5. The predicted octanol–water partition coefficient (Wildman–Crippen LogP) is 2.31. The largest absolute Gasteiger partial charge is 0.335 e. The van der Waals surface area contributed by atoms with Crippen molar-refractivity contribution < 1.29 is 4.79 Å². The first-order valence-corrected chi connectivity index (χ1v) is 9.61. The van der Waals surface area contributed by atoms with Crippen LogP contribution in [0.25, 0.3) is 0 Å². The summed E-state index contributed by atoms with van der Waals surface area (Å²) in [7, 11) is 2.01. The van der Waals surface area contributed by atoms with Gasteiger partial charge in [-0.15, -0.1) is 11.3 Å². The van der Waals surface area contributed by atoms with Gasteiger partial charge in [0.2, 0.25) is 0 Å². The number of hydrogen-bond acceptors (Lipinski definition) is 5. The van der Waals surface area contributed by atoms with E-state index in [0.29, 0.717) is 12.6 Å². The highest BCUT2D eigenvalue weighted by Gasteiger charge is 2.29. The molecule has 8 heteroatoms. The molecule has 2 aliphatic rings. The Morgan fingerprint density at radius 2 is 2.08 bits per heavy atom. The summed E-state index contributed by atoms with van der Waals surface area (Å²) in [6.45, 7) is 3.93. The van der Waals surface area contributed by atoms with Crippen LogP contribution in [0.15, 0.2) is 17.5 Å². The van der Waals surface area contributed by atoms with Gasteiger partial charge in [-0.1, -0.05) is 6.07 Å². The van der Waals surface area contributed by atoms with Crippen LogP contribution < -0.4 is 0 Å². The molecule has 1 aliphatic carbocycles. The zero-order chi connectivity index (χ0) is 16.7. The van der Waals surface area contributed by atoms with Crippen molar-refractivity contribution in [1.29, 1.82) is 0 Å². The molecule has 1 aliphatic heterocycles. The number of carbonyl (C=O) groups is 1. The molecule has 0 atom stereocenters. The lowest BCUT2D eigenvalue weighted by atomic mass is 10.3. The molecule has 1 amide bonds. The highest BCUT2D eigenvalue weighted by atomic mass is 32.1. The molecule has 0 bridgehead atoms. The molecule has 24 heavy (non-hydrogen) atoms. The lowest BCUT2D eigenvalue weighted by molar-refractivity contribution is 0.0589. The van der Waals surface area contributed by atoms with Gasteiger partial charge in [-0.3, -0.25) is 9.69 Å². The van der Waals surface area contributed by atoms with Crippen molar-refractivity contribution in [2.24, 2.45) is 7.05 Å². The Kier molecular flexibility index (Phi) is 4.28. The SMILES string of the molecule is Cn1c(C2CC2)nn(CN2CCN(C(=O)c3cccs3)CC2)c1=S. The zero-order valence-electron chi connectivity index (χ0n) is 13.7. The number of thiophene rings is 1. The summed E-state index contributed by atoms with van der Waals surface area (Å²) >= 11 is 7.03. The third-order valence-corrected chi connectivity index (χ3v) is 6.08. The molecule has 1 saturated carbocycles. The van der Waals surface area contributed by atoms with Gasteiger partial charge >= 0.3 is 0 Å². The highest BCUT2D eigenvalue weighted by molar-refractivity contribution is 7.71. The molecule has 3 heterocycles. The minimum Gasteiger partial charge on any atom is -0.335 e. The van der Waals surface area contributed by atoms with E-state index < -0.39 is 0 Å². The van der Waals surface area contributed by atoms with Crippen molar-refractivity contribution in [3.63, 3.8) is 0 Å².